The molecule has 0 aromatic heterocycles. The highest BCUT2D eigenvalue weighted by Crippen LogP contribution is 2.34. The van der Waals surface area contributed by atoms with Crippen LogP contribution in [0.4, 0.5) is 17.6 Å². The van der Waals surface area contributed by atoms with Crippen molar-refractivity contribution in [2.45, 2.75) is 51.7 Å². The minimum absolute atomic E-state index is 0.113. The molecule has 1 rings (SSSR count). The van der Waals surface area contributed by atoms with Crippen molar-refractivity contribution in [3.63, 3.8) is 0 Å². The fraction of sp³-hybridized carbons (Fsp3) is 0.600. The number of alkyl halides is 3. The van der Waals surface area contributed by atoms with Gasteiger partial charge in [-0.25, -0.2) is 4.39 Å². The number of hydrogen-bond donors (Lipinski definition) is 1. The second-order valence-electron chi connectivity index (χ2n) is 4.86. The zero-order chi connectivity index (χ0) is 15.2. The fourth-order valence-corrected chi connectivity index (χ4v) is 2.13. The predicted octanol–water partition coefficient (Wildman–Crippen LogP) is 5.08. The van der Waals surface area contributed by atoms with Gasteiger partial charge in [-0.05, 0) is 25.5 Å². The molecule has 0 spiro atoms. The van der Waals surface area contributed by atoms with Crippen molar-refractivity contribution >= 4 is 0 Å². The Balaban J connectivity index is 3.06. The van der Waals surface area contributed by atoms with Gasteiger partial charge in [-0.15, -0.1) is 0 Å². The van der Waals surface area contributed by atoms with Crippen molar-refractivity contribution < 1.29 is 17.6 Å². The SMILES string of the molecule is CCCCC(NCCC)c1cccc(C(F)(F)F)c1F. The third-order valence-electron chi connectivity index (χ3n) is 3.20. The van der Waals surface area contributed by atoms with Crippen molar-refractivity contribution in [1.82, 2.24) is 5.32 Å². The summed E-state index contributed by atoms with van der Waals surface area (Å²) in [6.45, 7) is 4.62. The van der Waals surface area contributed by atoms with Gasteiger partial charge in [-0.3, -0.25) is 0 Å². The maximum atomic E-state index is 14.1. The van der Waals surface area contributed by atoms with E-state index in [0.717, 1.165) is 25.3 Å². The average molecular weight is 291 g/mol. The van der Waals surface area contributed by atoms with Crippen molar-refractivity contribution in [2.24, 2.45) is 0 Å². The normalized spacial score (nSPS) is 13.5. The standard InChI is InChI=1S/C15H21F4N/c1-3-5-9-13(20-10-4-2)11-7-6-8-12(14(11)16)15(17,18)19/h6-8,13,20H,3-5,9-10H2,1-2H3. The molecule has 0 radical (unpaired) electrons. The third-order valence-corrected chi connectivity index (χ3v) is 3.20. The van der Waals surface area contributed by atoms with E-state index in [1.165, 1.54) is 12.1 Å². The first-order valence-electron chi connectivity index (χ1n) is 7.00. The number of benzene rings is 1. The Morgan fingerprint density at radius 2 is 1.85 bits per heavy atom. The van der Waals surface area contributed by atoms with Crippen molar-refractivity contribution in [1.29, 1.82) is 0 Å². The van der Waals surface area contributed by atoms with Gasteiger partial charge < -0.3 is 5.32 Å². The zero-order valence-corrected chi connectivity index (χ0v) is 11.9. The molecular formula is C15H21F4N. The van der Waals surface area contributed by atoms with E-state index in [2.05, 4.69) is 5.32 Å². The van der Waals surface area contributed by atoms with E-state index >= 15 is 0 Å². The van der Waals surface area contributed by atoms with Gasteiger partial charge >= 0.3 is 6.18 Å². The molecule has 0 aliphatic carbocycles. The van der Waals surface area contributed by atoms with Crippen LogP contribution in [0.25, 0.3) is 0 Å². The van der Waals surface area contributed by atoms with Crippen LogP contribution in [0.1, 0.15) is 56.7 Å². The van der Waals surface area contributed by atoms with Gasteiger partial charge in [0, 0.05) is 11.6 Å². The summed E-state index contributed by atoms with van der Waals surface area (Å²) in [5, 5.41) is 3.13. The quantitative estimate of drug-likeness (QED) is 0.691. The summed E-state index contributed by atoms with van der Waals surface area (Å²) in [6.07, 6.45) is -1.40. The second-order valence-corrected chi connectivity index (χ2v) is 4.86. The lowest BCUT2D eigenvalue weighted by molar-refractivity contribution is -0.140. The van der Waals surface area contributed by atoms with Gasteiger partial charge in [-0.2, -0.15) is 13.2 Å². The van der Waals surface area contributed by atoms with Gasteiger partial charge in [0.05, 0.1) is 5.56 Å². The smallest absolute Gasteiger partial charge is 0.310 e. The zero-order valence-electron chi connectivity index (χ0n) is 11.9. The summed E-state index contributed by atoms with van der Waals surface area (Å²) < 4.78 is 52.3. The lowest BCUT2D eigenvalue weighted by Crippen LogP contribution is -2.24. The molecule has 5 heteroatoms. The van der Waals surface area contributed by atoms with Crippen LogP contribution in [0, 0.1) is 5.82 Å². The lowest BCUT2D eigenvalue weighted by atomic mass is 9.98. The topological polar surface area (TPSA) is 12.0 Å². The van der Waals surface area contributed by atoms with E-state index in [4.69, 9.17) is 0 Å². The Morgan fingerprint density at radius 1 is 1.15 bits per heavy atom. The maximum Gasteiger partial charge on any atom is 0.419 e. The molecule has 1 unspecified atom stereocenters. The van der Waals surface area contributed by atoms with Crippen LogP contribution in [-0.2, 0) is 6.18 Å². The Bertz CT molecular complexity index is 407. The van der Waals surface area contributed by atoms with Crippen LogP contribution in [-0.4, -0.2) is 6.54 Å². The van der Waals surface area contributed by atoms with E-state index in [9.17, 15) is 17.6 Å². The molecule has 1 aromatic rings. The van der Waals surface area contributed by atoms with E-state index in [-0.39, 0.29) is 11.6 Å². The molecule has 0 saturated carbocycles. The highest BCUT2D eigenvalue weighted by Gasteiger charge is 2.35. The Hall–Kier alpha value is -1.10. The molecule has 0 bridgehead atoms. The van der Waals surface area contributed by atoms with E-state index in [0.29, 0.717) is 13.0 Å². The van der Waals surface area contributed by atoms with Crippen LogP contribution in [0.2, 0.25) is 0 Å². The summed E-state index contributed by atoms with van der Waals surface area (Å²) in [7, 11) is 0. The van der Waals surface area contributed by atoms with E-state index in [1.807, 2.05) is 13.8 Å². The summed E-state index contributed by atoms with van der Waals surface area (Å²) in [5.41, 5.74) is -1.07. The Labute approximate surface area is 117 Å². The Kier molecular flexibility index (Phi) is 6.46. The first kappa shape index (κ1) is 17.0. The summed E-state index contributed by atoms with van der Waals surface area (Å²) in [5.74, 6) is -1.15. The summed E-state index contributed by atoms with van der Waals surface area (Å²) >= 11 is 0. The molecule has 1 aromatic carbocycles. The van der Waals surface area contributed by atoms with E-state index in [1.54, 1.807) is 0 Å². The van der Waals surface area contributed by atoms with Crippen LogP contribution in [0.3, 0.4) is 0 Å². The molecule has 1 atom stereocenters. The molecule has 1 N–H and O–H groups in total. The van der Waals surface area contributed by atoms with Gasteiger partial charge in [-0.1, -0.05) is 38.8 Å². The van der Waals surface area contributed by atoms with Crippen molar-refractivity contribution in [3.05, 3.63) is 35.1 Å². The van der Waals surface area contributed by atoms with Gasteiger partial charge in [0.2, 0.25) is 0 Å². The number of halogens is 4. The first-order valence-corrected chi connectivity index (χ1v) is 7.00. The molecule has 114 valence electrons. The number of nitrogens with one attached hydrogen (secondary N) is 1. The number of rotatable bonds is 7. The first-order chi connectivity index (χ1) is 9.41. The molecule has 0 fully saturated rings. The minimum Gasteiger partial charge on any atom is -0.310 e. The molecule has 0 aliphatic heterocycles. The second kappa shape index (κ2) is 7.62. The number of hydrogen-bond acceptors (Lipinski definition) is 1. The number of unbranched alkanes of at least 4 members (excludes halogenated alkanes) is 1. The molecule has 1 nitrogen and oxygen atoms in total. The monoisotopic (exact) mass is 291 g/mol. The molecule has 20 heavy (non-hydrogen) atoms. The van der Waals surface area contributed by atoms with Crippen molar-refractivity contribution in [2.75, 3.05) is 6.54 Å². The third kappa shape index (κ3) is 4.47. The fourth-order valence-electron chi connectivity index (χ4n) is 2.13. The molecule has 0 saturated heterocycles. The lowest BCUT2D eigenvalue weighted by Gasteiger charge is -2.21. The molecule has 0 aliphatic rings. The van der Waals surface area contributed by atoms with Crippen LogP contribution >= 0.6 is 0 Å². The Morgan fingerprint density at radius 3 is 2.40 bits per heavy atom. The van der Waals surface area contributed by atoms with Crippen LogP contribution in [0.15, 0.2) is 18.2 Å². The average Bonchev–Trinajstić information content (AvgIpc) is 2.38. The predicted molar refractivity (Wildman–Crippen MR) is 72.0 cm³/mol. The maximum absolute atomic E-state index is 14.1. The van der Waals surface area contributed by atoms with Gasteiger partial charge in [0.25, 0.3) is 0 Å². The summed E-state index contributed by atoms with van der Waals surface area (Å²) in [6, 6.07) is 3.13. The molecule has 0 amide bonds. The van der Waals surface area contributed by atoms with E-state index < -0.39 is 17.6 Å². The highest BCUT2D eigenvalue weighted by molar-refractivity contribution is 5.30. The summed E-state index contributed by atoms with van der Waals surface area (Å²) in [4.78, 5) is 0. The highest BCUT2D eigenvalue weighted by atomic mass is 19.4. The van der Waals surface area contributed by atoms with Crippen molar-refractivity contribution in [3.8, 4) is 0 Å². The van der Waals surface area contributed by atoms with Crippen LogP contribution in [0.5, 0.6) is 0 Å². The van der Waals surface area contributed by atoms with Gasteiger partial charge in [0.1, 0.15) is 5.82 Å². The molecular weight excluding hydrogens is 270 g/mol. The van der Waals surface area contributed by atoms with Crippen LogP contribution < -0.4 is 5.32 Å². The molecule has 0 heterocycles. The minimum atomic E-state index is -4.65. The van der Waals surface area contributed by atoms with Gasteiger partial charge in [0.15, 0.2) is 0 Å². The largest absolute Gasteiger partial charge is 0.419 e.